The van der Waals surface area contributed by atoms with Gasteiger partial charge < -0.3 is 9.84 Å². The summed E-state index contributed by atoms with van der Waals surface area (Å²) in [4.78, 5) is 12.5. The maximum absolute atomic E-state index is 10.8. The summed E-state index contributed by atoms with van der Waals surface area (Å²) in [5.41, 5.74) is 0.846. The van der Waals surface area contributed by atoms with Crippen LogP contribution in [0.25, 0.3) is 0 Å². The minimum atomic E-state index is -0.409. The maximum atomic E-state index is 10.8. The van der Waals surface area contributed by atoms with E-state index in [0.717, 1.165) is 24.9 Å². The molecule has 6 nitrogen and oxygen atoms in total. The van der Waals surface area contributed by atoms with Gasteiger partial charge >= 0.3 is 0 Å². The molecular formula is C13H18N2O4. The van der Waals surface area contributed by atoms with Crippen LogP contribution in [0.5, 0.6) is 5.75 Å². The van der Waals surface area contributed by atoms with Crippen LogP contribution in [0.3, 0.4) is 0 Å². The second-order valence-electron chi connectivity index (χ2n) is 4.78. The third-order valence-electron chi connectivity index (χ3n) is 3.35. The minimum Gasteiger partial charge on any atom is -0.496 e. The summed E-state index contributed by atoms with van der Waals surface area (Å²) in [5.74, 6) is 0.644. The van der Waals surface area contributed by atoms with Gasteiger partial charge in [0.25, 0.3) is 5.69 Å². The summed E-state index contributed by atoms with van der Waals surface area (Å²) < 4.78 is 5.24. The molecule has 104 valence electrons. The molecule has 0 aromatic heterocycles. The van der Waals surface area contributed by atoms with Gasteiger partial charge in [-0.2, -0.15) is 0 Å². The van der Waals surface area contributed by atoms with Crippen LogP contribution in [0.1, 0.15) is 18.4 Å². The van der Waals surface area contributed by atoms with Gasteiger partial charge in [0.1, 0.15) is 5.75 Å². The molecule has 1 fully saturated rings. The molecule has 1 heterocycles. The molecule has 0 spiro atoms. The Balaban J connectivity index is 2.17. The zero-order valence-electron chi connectivity index (χ0n) is 10.9. The van der Waals surface area contributed by atoms with Crippen molar-refractivity contribution in [1.29, 1.82) is 0 Å². The molecule has 1 unspecified atom stereocenters. The Bertz CT molecular complexity index is 464. The average Bonchev–Trinajstić information content (AvgIpc) is 2.38. The number of non-ortho nitro benzene ring substituents is 1. The molecule has 1 aliphatic rings. The second kappa shape index (κ2) is 5.99. The lowest BCUT2D eigenvalue weighted by Gasteiger charge is -2.30. The fraction of sp³-hybridized carbons (Fsp3) is 0.538. The van der Waals surface area contributed by atoms with Crippen LogP contribution < -0.4 is 4.74 Å². The Labute approximate surface area is 111 Å². The van der Waals surface area contributed by atoms with Crippen LogP contribution in [-0.4, -0.2) is 41.2 Å². The predicted molar refractivity (Wildman–Crippen MR) is 70.2 cm³/mol. The predicted octanol–water partition coefficient (Wildman–Crippen LogP) is 1.56. The third-order valence-corrected chi connectivity index (χ3v) is 3.35. The first-order valence-corrected chi connectivity index (χ1v) is 6.32. The standard InChI is InChI=1S/C13H18N2O4/c1-19-13-5-4-11(15(17)18)7-10(13)8-14-6-2-3-12(16)9-14/h4-5,7,12,16H,2-3,6,8-9H2,1H3. The summed E-state index contributed by atoms with van der Waals surface area (Å²) in [6.45, 7) is 2.05. The molecule has 1 atom stereocenters. The molecule has 6 heteroatoms. The Morgan fingerprint density at radius 2 is 2.37 bits per heavy atom. The van der Waals surface area contributed by atoms with E-state index in [4.69, 9.17) is 4.74 Å². The molecule has 2 rings (SSSR count). The van der Waals surface area contributed by atoms with Gasteiger partial charge in [-0.1, -0.05) is 0 Å². The Hall–Kier alpha value is -1.66. The number of nitrogens with zero attached hydrogens (tertiary/aromatic N) is 2. The van der Waals surface area contributed by atoms with E-state index in [1.807, 2.05) is 0 Å². The van der Waals surface area contributed by atoms with Crippen molar-refractivity contribution in [3.8, 4) is 5.75 Å². The molecule has 0 saturated carbocycles. The van der Waals surface area contributed by atoms with Gasteiger partial charge in [0.15, 0.2) is 0 Å². The van der Waals surface area contributed by atoms with Gasteiger partial charge in [0.2, 0.25) is 0 Å². The van der Waals surface area contributed by atoms with Crippen molar-refractivity contribution >= 4 is 5.69 Å². The molecule has 0 radical (unpaired) electrons. The van der Waals surface area contributed by atoms with Crippen molar-refractivity contribution < 1.29 is 14.8 Å². The van der Waals surface area contributed by atoms with Crippen LogP contribution in [0.15, 0.2) is 18.2 Å². The number of hydrogen-bond acceptors (Lipinski definition) is 5. The number of ether oxygens (including phenoxy) is 1. The molecule has 19 heavy (non-hydrogen) atoms. The summed E-state index contributed by atoms with van der Waals surface area (Å²) in [6, 6.07) is 4.60. The van der Waals surface area contributed by atoms with Crippen LogP contribution >= 0.6 is 0 Å². The fourth-order valence-electron chi connectivity index (χ4n) is 2.42. The highest BCUT2D eigenvalue weighted by atomic mass is 16.6. The molecule has 0 aliphatic carbocycles. The zero-order valence-corrected chi connectivity index (χ0v) is 10.9. The first kappa shape index (κ1) is 13.8. The van der Waals surface area contributed by atoms with E-state index in [0.29, 0.717) is 18.8 Å². The summed E-state index contributed by atoms with van der Waals surface area (Å²) in [7, 11) is 1.55. The maximum Gasteiger partial charge on any atom is 0.270 e. The third kappa shape index (κ3) is 3.42. The van der Waals surface area contributed by atoms with Crippen molar-refractivity contribution in [2.75, 3.05) is 20.2 Å². The van der Waals surface area contributed by atoms with E-state index in [1.165, 1.54) is 6.07 Å². The topological polar surface area (TPSA) is 75.8 Å². The molecule has 1 aliphatic heterocycles. The van der Waals surface area contributed by atoms with Crippen LogP contribution in [0, 0.1) is 10.1 Å². The van der Waals surface area contributed by atoms with Gasteiger partial charge in [-0.05, 0) is 25.5 Å². The highest BCUT2D eigenvalue weighted by Crippen LogP contribution is 2.26. The van der Waals surface area contributed by atoms with Crippen molar-refractivity contribution in [3.63, 3.8) is 0 Å². The van der Waals surface area contributed by atoms with Crippen molar-refractivity contribution in [3.05, 3.63) is 33.9 Å². The molecule has 1 saturated heterocycles. The van der Waals surface area contributed by atoms with E-state index in [-0.39, 0.29) is 11.8 Å². The number of hydrogen-bond donors (Lipinski definition) is 1. The zero-order chi connectivity index (χ0) is 13.8. The lowest BCUT2D eigenvalue weighted by molar-refractivity contribution is -0.385. The normalized spacial score (nSPS) is 20.2. The Kier molecular flexibility index (Phi) is 4.34. The molecule has 0 amide bonds. The first-order chi connectivity index (χ1) is 9.10. The number of β-amino-alcohol motifs (C(OH)–C–C–N with tert-alkyl or cyclic N) is 1. The fourth-order valence-corrected chi connectivity index (χ4v) is 2.42. The lowest BCUT2D eigenvalue weighted by atomic mass is 10.1. The highest BCUT2D eigenvalue weighted by molar-refractivity contribution is 5.43. The molecule has 0 bridgehead atoms. The first-order valence-electron chi connectivity index (χ1n) is 6.32. The number of methoxy groups -OCH3 is 1. The number of nitro benzene ring substituents is 1. The van der Waals surface area contributed by atoms with Gasteiger partial charge in [0.05, 0.1) is 18.1 Å². The minimum absolute atomic E-state index is 0.0633. The van der Waals surface area contributed by atoms with Crippen molar-refractivity contribution in [2.24, 2.45) is 0 Å². The van der Waals surface area contributed by atoms with Crippen molar-refractivity contribution in [1.82, 2.24) is 4.90 Å². The number of aliphatic hydroxyl groups excluding tert-OH is 1. The quantitative estimate of drug-likeness (QED) is 0.661. The Morgan fingerprint density at radius 3 is 3.00 bits per heavy atom. The van der Waals surface area contributed by atoms with E-state index >= 15 is 0 Å². The Morgan fingerprint density at radius 1 is 1.58 bits per heavy atom. The summed E-state index contributed by atoms with van der Waals surface area (Å²) in [5, 5.41) is 20.5. The van der Waals surface area contributed by atoms with E-state index in [9.17, 15) is 15.2 Å². The second-order valence-corrected chi connectivity index (χ2v) is 4.78. The van der Waals surface area contributed by atoms with Crippen LogP contribution in [0.2, 0.25) is 0 Å². The number of rotatable bonds is 4. The van der Waals surface area contributed by atoms with Crippen LogP contribution in [-0.2, 0) is 6.54 Å². The van der Waals surface area contributed by atoms with Crippen LogP contribution in [0.4, 0.5) is 5.69 Å². The summed E-state index contributed by atoms with van der Waals surface area (Å²) >= 11 is 0. The number of aliphatic hydroxyl groups is 1. The van der Waals surface area contributed by atoms with Gasteiger partial charge in [-0.15, -0.1) is 0 Å². The monoisotopic (exact) mass is 266 g/mol. The summed E-state index contributed by atoms with van der Waals surface area (Å²) in [6.07, 6.45) is 1.46. The molecule has 1 aromatic carbocycles. The number of piperidine rings is 1. The van der Waals surface area contributed by atoms with Gasteiger partial charge in [-0.3, -0.25) is 15.0 Å². The van der Waals surface area contributed by atoms with Gasteiger partial charge in [-0.25, -0.2) is 0 Å². The number of benzene rings is 1. The van der Waals surface area contributed by atoms with Gasteiger partial charge in [0, 0.05) is 30.8 Å². The average molecular weight is 266 g/mol. The SMILES string of the molecule is COc1ccc([N+](=O)[O-])cc1CN1CCCC(O)C1. The molecule has 1 N–H and O–H groups in total. The lowest BCUT2D eigenvalue weighted by Crippen LogP contribution is -2.37. The smallest absolute Gasteiger partial charge is 0.270 e. The number of nitro groups is 1. The largest absolute Gasteiger partial charge is 0.496 e. The number of likely N-dealkylation sites (tertiary alicyclic amines) is 1. The molecular weight excluding hydrogens is 248 g/mol. The molecule has 1 aromatic rings. The van der Waals surface area contributed by atoms with E-state index in [2.05, 4.69) is 4.90 Å². The van der Waals surface area contributed by atoms with E-state index in [1.54, 1.807) is 19.2 Å². The van der Waals surface area contributed by atoms with E-state index < -0.39 is 4.92 Å². The van der Waals surface area contributed by atoms with Crippen molar-refractivity contribution in [2.45, 2.75) is 25.5 Å². The highest BCUT2D eigenvalue weighted by Gasteiger charge is 2.20.